The largest absolute Gasteiger partial charge is 0.477 e. The predicted molar refractivity (Wildman–Crippen MR) is 146 cm³/mol. The molecule has 1 saturated carbocycles. The number of anilines is 1. The standard InChI is InChI=1S/C24H29N7O5S2.2H2/c1-2-36-22-14-25-12-19(28-22)21-13-27-24(37-21)23(32)29-20(15-31-7-9-35-10-8-31)18-11-16(5-6-26-18)30-38(33,34)17-3-4-17;;/h5-6,11-14,17,20H,2-4,7-10,15H2,1H3,(H,26,30)(H,29,32);2*1H/t20-;;/m1../s1. The molecule has 0 bridgehead atoms. The Bertz CT molecular complexity index is 1390. The van der Waals surface area contributed by atoms with Crippen molar-refractivity contribution in [3.05, 3.63) is 47.6 Å². The first-order chi connectivity index (χ1) is 18.4. The Hall–Kier alpha value is -3.20. The van der Waals surface area contributed by atoms with Gasteiger partial charge in [0.25, 0.3) is 5.91 Å². The van der Waals surface area contributed by atoms with E-state index in [-0.39, 0.29) is 19.0 Å². The average molecular weight is 564 g/mol. The number of hydrogen-bond donors (Lipinski definition) is 2. The molecule has 1 aliphatic heterocycles. The Morgan fingerprint density at radius 2 is 2.08 bits per heavy atom. The maximum Gasteiger partial charge on any atom is 0.280 e. The molecule has 3 aromatic rings. The summed E-state index contributed by atoms with van der Waals surface area (Å²) in [5.74, 6) is 0.0393. The van der Waals surface area contributed by atoms with Gasteiger partial charge in [-0.2, -0.15) is 0 Å². The van der Waals surface area contributed by atoms with Crippen LogP contribution in [0.3, 0.4) is 0 Å². The molecule has 1 atom stereocenters. The first kappa shape index (κ1) is 26.4. The number of rotatable bonds is 11. The van der Waals surface area contributed by atoms with E-state index in [2.05, 4.69) is 34.9 Å². The zero-order chi connectivity index (χ0) is 26.5. The van der Waals surface area contributed by atoms with Crippen molar-refractivity contribution in [1.82, 2.24) is 30.2 Å². The number of carbonyl (C=O) groups is 1. The second kappa shape index (κ2) is 11.7. The van der Waals surface area contributed by atoms with Gasteiger partial charge in [0, 0.05) is 34.9 Å². The molecular formula is C24H33N7O5S2. The Balaban J connectivity index is 0.00000220. The van der Waals surface area contributed by atoms with Gasteiger partial charge in [-0.05, 0) is 31.9 Å². The van der Waals surface area contributed by atoms with E-state index in [1.807, 2.05) is 6.92 Å². The third kappa shape index (κ3) is 6.62. The number of pyridine rings is 1. The predicted octanol–water partition coefficient (Wildman–Crippen LogP) is 2.59. The van der Waals surface area contributed by atoms with Crippen LogP contribution in [0.5, 0.6) is 5.88 Å². The molecule has 14 heteroatoms. The molecule has 0 spiro atoms. The molecule has 38 heavy (non-hydrogen) atoms. The van der Waals surface area contributed by atoms with Crippen LogP contribution in [-0.4, -0.2) is 83.9 Å². The van der Waals surface area contributed by atoms with Crippen LogP contribution >= 0.6 is 11.3 Å². The van der Waals surface area contributed by atoms with Crippen LogP contribution < -0.4 is 14.8 Å². The van der Waals surface area contributed by atoms with Crippen molar-refractivity contribution in [2.24, 2.45) is 0 Å². The minimum Gasteiger partial charge on any atom is -0.477 e. The summed E-state index contributed by atoms with van der Waals surface area (Å²) in [6.45, 7) is 5.47. The summed E-state index contributed by atoms with van der Waals surface area (Å²) >= 11 is 1.20. The lowest BCUT2D eigenvalue weighted by Gasteiger charge is -2.30. The molecule has 0 aromatic carbocycles. The fourth-order valence-electron chi connectivity index (χ4n) is 3.99. The molecule has 4 heterocycles. The summed E-state index contributed by atoms with van der Waals surface area (Å²) in [7, 11) is -3.43. The third-order valence-corrected chi connectivity index (χ3v) is 8.96. The molecule has 3 aromatic heterocycles. The number of sulfonamides is 1. The monoisotopic (exact) mass is 563 g/mol. The number of thiazole rings is 1. The van der Waals surface area contributed by atoms with Crippen molar-refractivity contribution in [2.45, 2.75) is 31.1 Å². The Morgan fingerprint density at radius 1 is 1.26 bits per heavy atom. The van der Waals surface area contributed by atoms with Gasteiger partial charge in [0.1, 0.15) is 5.69 Å². The maximum atomic E-state index is 13.3. The van der Waals surface area contributed by atoms with Gasteiger partial charge in [0.15, 0.2) is 5.01 Å². The zero-order valence-corrected chi connectivity index (χ0v) is 22.5. The molecule has 1 amide bonds. The number of aromatic nitrogens is 4. The molecule has 2 fully saturated rings. The van der Waals surface area contributed by atoms with E-state index in [1.165, 1.54) is 17.5 Å². The lowest BCUT2D eigenvalue weighted by atomic mass is 10.1. The molecule has 2 N–H and O–H groups in total. The molecule has 12 nitrogen and oxygen atoms in total. The number of ether oxygens (including phenoxy) is 2. The maximum absolute atomic E-state index is 13.3. The summed E-state index contributed by atoms with van der Waals surface area (Å²) in [6.07, 6.45) is 7.59. The van der Waals surface area contributed by atoms with Crippen LogP contribution in [-0.2, 0) is 14.8 Å². The molecule has 5 rings (SSSR count). The first-order valence-electron chi connectivity index (χ1n) is 12.4. The van der Waals surface area contributed by atoms with Crippen LogP contribution in [0.2, 0.25) is 0 Å². The number of carbonyl (C=O) groups excluding carboxylic acids is 1. The van der Waals surface area contributed by atoms with Gasteiger partial charge in [-0.15, -0.1) is 11.3 Å². The quantitative estimate of drug-likeness (QED) is 0.356. The molecule has 2 aliphatic rings. The minimum atomic E-state index is -3.43. The van der Waals surface area contributed by atoms with E-state index in [1.54, 1.807) is 30.7 Å². The van der Waals surface area contributed by atoms with Crippen molar-refractivity contribution in [3.8, 4) is 16.5 Å². The van der Waals surface area contributed by atoms with E-state index >= 15 is 0 Å². The summed E-state index contributed by atoms with van der Waals surface area (Å²) in [4.78, 5) is 33.5. The van der Waals surface area contributed by atoms with Crippen LogP contribution in [0.4, 0.5) is 5.69 Å². The fourth-order valence-corrected chi connectivity index (χ4v) is 6.14. The van der Waals surface area contributed by atoms with Gasteiger partial charge in [-0.1, -0.05) is 0 Å². The van der Waals surface area contributed by atoms with E-state index in [0.717, 1.165) is 13.1 Å². The second-order valence-corrected chi connectivity index (χ2v) is 12.0. The number of hydrogen-bond acceptors (Lipinski definition) is 11. The normalized spacial score (nSPS) is 17.1. The van der Waals surface area contributed by atoms with Gasteiger partial charge in [0.2, 0.25) is 15.9 Å². The van der Waals surface area contributed by atoms with Gasteiger partial charge < -0.3 is 14.8 Å². The summed E-state index contributed by atoms with van der Waals surface area (Å²) in [5.41, 5.74) is 1.54. The number of morpholine rings is 1. The van der Waals surface area contributed by atoms with Gasteiger partial charge in [-0.25, -0.2) is 18.4 Å². The van der Waals surface area contributed by atoms with Crippen molar-refractivity contribution in [2.75, 3.05) is 44.2 Å². The molecule has 0 radical (unpaired) electrons. The Kier molecular flexibility index (Phi) is 8.12. The SMILES string of the molecule is CCOc1cncc(-c2cnc(C(=O)N[C@H](CN3CCOCC3)c3cc(NS(=O)(=O)C4CC4)ccn3)s2)n1.[HH].[HH]. The Labute approximate surface area is 227 Å². The average Bonchev–Trinajstić information content (AvgIpc) is 3.67. The molecule has 1 aliphatic carbocycles. The smallest absolute Gasteiger partial charge is 0.280 e. The van der Waals surface area contributed by atoms with Crippen molar-refractivity contribution in [3.63, 3.8) is 0 Å². The zero-order valence-electron chi connectivity index (χ0n) is 20.9. The van der Waals surface area contributed by atoms with Crippen molar-refractivity contribution < 1.29 is 25.5 Å². The van der Waals surface area contributed by atoms with Crippen LogP contribution in [0.15, 0.2) is 36.9 Å². The van der Waals surface area contributed by atoms with Crippen LogP contribution in [0, 0.1) is 0 Å². The molecule has 0 unspecified atom stereocenters. The lowest BCUT2D eigenvalue weighted by Crippen LogP contribution is -2.43. The van der Waals surface area contributed by atoms with Gasteiger partial charge in [0.05, 0.1) is 59.8 Å². The third-order valence-electron chi connectivity index (χ3n) is 6.07. The molecular weight excluding hydrogens is 530 g/mol. The topological polar surface area (TPSA) is 149 Å². The van der Waals surface area contributed by atoms with E-state index < -0.39 is 16.1 Å². The highest BCUT2D eigenvalue weighted by atomic mass is 32.2. The number of amides is 1. The fraction of sp³-hybridized carbons (Fsp3) is 0.458. The van der Waals surface area contributed by atoms with Crippen LogP contribution in [0.1, 0.15) is 44.2 Å². The summed E-state index contributed by atoms with van der Waals surface area (Å²) in [5, 5.41) is 2.96. The van der Waals surface area contributed by atoms with E-state index in [4.69, 9.17) is 9.47 Å². The van der Waals surface area contributed by atoms with Gasteiger partial charge in [-0.3, -0.25) is 24.4 Å². The summed E-state index contributed by atoms with van der Waals surface area (Å²) in [6, 6.07) is 2.79. The van der Waals surface area contributed by atoms with Crippen molar-refractivity contribution in [1.29, 1.82) is 0 Å². The van der Waals surface area contributed by atoms with E-state index in [0.29, 0.717) is 67.0 Å². The van der Waals surface area contributed by atoms with Crippen molar-refractivity contribution >= 4 is 33.0 Å². The number of nitrogens with zero attached hydrogens (tertiary/aromatic N) is 5. The molecule has 1 saturated heterocycles. The van der Waals surface area contributed by atoms with E-state index in [9.17, 15) is 13.2 Å². The summed E-state index contributed by atoms with van der Waals surface area (Å²) < 4.78 is 38.4. The van der Waals surface area contributed by atoms with Crippen LogP contribution in [0.25, 0.3) is 10.6 Å². The second-order valence-electron chi connectivity index (χ2n) is 8.96. The highest BCUT2D eigenvalue weighted by Gasteiger charge is 2.36. The highest BCUT2D eigenvalue weighted by molar-refractivity contribution is 7.93. The lowest BCUT2D eigenvalue weighted by molar-refractivity contribution is 0.0330. The minimum absolute atomic E-state index is 0. The highest BCUT2D eigenvalue weighted by Crippen LogP contribution is 2.30. The van der Waals surface area contributed by atoms with Gasteiger partial charge >= 0.3 is 0 Å². The Morgan fingerprint density at radius 3 is 2.84 bits per heavy atom. The first-order valence-corrected chi connectivity index (χ1v) is 14.8. The molecule has 206 valence electrons. The number of nitrogens with one attached hydrogen (secondary N) is 2.